The zero-order chi connectivity index (χ0) is 38.9. The van der Waals surface area contributed by atoms with Gasteiger partial charge < -0.3 is 24.5 Å². The molecule has 0 aliphatic heterocycles. The molecule has 6 aromatic rings. The summed E-state index contributed by atoms with van der Waals surface area (Å²) in [6, 6.07) is 12.1. The fourth-order valence-electron chi connectivity index (χ4n) is 5.97. The first-order valence-electron chi connectivity index (χ1n) is 16.2. The zero-order valence-corrected chi connectivity index (χ0v) is 29.7. The normalized spacial score (nSPS) is 14.4. The van der Waals surface area contributed by atoms with E-state index in [1.165, 1.54) is 52.3 Å². The van der Waals surface area contributed by atoms with E-state index in [1.54, 1.807) is 50.2 Å². The molecule has 0 saturated carbocycles. The smallest absolute Gasteiger partial charge is 0.422 e. The molecular weight excluding hydrogens is 763 g/mol. The summed E-state index contributed by atoms with van der Waals surface area (Å²) < 4.78 is 85.4. The van der Waals surface area contributed by atoms with Crippen molar-refractivity contribution in [3.8, 4) is 5.88 Å². The van der Waals surface area contributed by atoms with E-state index in [2.05, 4.69) is 25.6 Å². The lowest BCUT2D eigenvalue weighted by Crippen LogP contribution is -2.45. The number of alkyl halides is 6. The van der Waals surface area contributed by atoms with Crippen LogP contribution in [-0.2, 0) is 15.8 Å². The number of benzene rings is 3. The van der Waals surface area contributed by atoms with Crippen LogP contribution in [0, 0.1) is 0 Å². The number of amides is 2. The van der Waals surface area contributed by atoms with Gasteiger partial charge in [-0.1, -0.05) is 53.5 Å². The predicted molar refractivity (Wildman–Crippen MR) is 188 cm³/mol. The molecule has 0 aliphatic carbocycles. The molecule has 0 aliphatic rings. The third kappa shape index (κ3) is 8.24. The van der Waals surface area contributed by atoms with Crippen molar-refractivity contribution in [3.05, 3.63) is 118 Å². The number of imidazole rings is 2. The first kappa shape index (κ1) is 38.4. The van der Waals surface area contributed by atoms with Crippen molar-refractivity contribution in [3.63, 3.8) is 0 Å². The number of ether oxygens (including phenoxy) is 1. The Kier molecular flexibility index (Phi) is 10.8. The lowest BCUT2D eigenvalue weighted by atomic mass is 10.0. The summed E-state index contributed by atoms with van der Waals surface area (Å²) in [5.74, 6) is -1.75. The Hall–Kier alpha value is -5.35. The maximum Gasteiger partial charge on any atom is 0.422 e. The predicted octanol–water partition coefficient (Wildman–Crippen LogP) is 8.58. The molecule has 282 valence electrons. The highest BCUT2D eigenvalue weighted by Crippen LogP contribution is 2.36. The molecule has 4 unspecified atom stereocenters. The molecular formula is C36H29Cl2F6N7O3. The minimum absolute atomic E-state index is 0.207. The third-order valence-corrected chi connectivity index (χ3v) is 9.23. The number of rotatable bonds is 11. The number of hydrogen-bond donors (Lipinski definition) is 2. The van der Waals surface area contributed by atoms with Crippen molar-refractivity contribution in [2.75, 3.05) is 6.61 Å². The van der Waals surface area contributed by atoms with Gasteiger partial charge in [-0.15, -0.1) is 0 Å². The van der Waals surface area contributed by atoms with Crippen molar-refractivity contribution in [1.82, 2.24) is 34.7 Å². The quantitative estimate of drug-likeness (QED) is 0.127. The number of hydrogen-bond acceptors (Lipinski definition) is 6. The number of fused-ring (bicyclic) bond motifs is 2. The second-order valence-corrected chi connectivity index (χ2v) is 13.1. The van der Waals surface area contributed by atoms with Crippen LogP contribution >= 0.6 is 23.2 Å². The van der Waals surface area contributed by atoms with Crippen LogP contribution in [0.5, 0.6) is 5.88 Å². The molecule has 4 atom stereocenters. The average Bonchev–Trinajstić information content (AvgIpc) is 3.75. The number of aromatic nitrogens is 5. The van der Waals surface area contributed by atoms with E-state index in [9.17, 15) is 35.9 Å². The molecule has 2 amide bonds. The molecule has 18 heteroatoms. The summed E-state index contributed by atoms with van der Waals surface area (Å²) in [6.07, 6.45) is -5.20. The molecule has 0 spiro atoms. The second kappa shape index (κ2) is 15.2. The zero-order valence-electron chi connectivity index (χ0n) is 28.2. The highest BCUT2D eigenvalue weighted by Gasteiger charge is 2.40. The Morgan fingerprint density at radius 2 is 1.19 bits per heavy atom. The van der Waals surface area contributed by atoms with Gasteiger partial charge in [-0.25, -0.2) is 15.0 Å². The van der Waals surface area contributed by atoms with Crippen LogP contribution in [0.2, 0.25) is 10.0 Å². The van der Waals surface area contributed by atoms with Crippen molar-refractivity contribution in [2.24, 2.45) is 0 Å². The number of nitrogens with one attached hydrogen (secondary N) is 2. The van der Waals surface area contributed by atoms with Crippen LogP contribution in [0.3, 0.4) is 0 Å². The van der Waals surface area contributed by atoms with Gasteiger partial charge in [-0.2, -0.15) is 26.3 Å². The summed E-state index contributed by atoms with van der Waals surface area (Å²) in [6.45, 7) is 1.64. The van der Waals surface area contributed by atoms with Crippen LogP contribution in [-0.4, -0.2) is 48.7 Å². The number of pyridine rings is 1. The first-order chi connectivity index (χ1) is 25.5. The van der Waals surface area contributed by atoms with E-state index < -0.39 is 60.5 Å². The second-order valence-electron chi connectivity index (χ2n) is 12.3. The lowest BCUT2D eigenvalue weighted by molar-refractivity contribution is -0.154. The Morgan fingerprint density at radius 1 is 0.704 bits per heavy atom. The Morgan fingerprint density at radius 3 is 1.63 bits per heavy atom. The van der Waals surface area contributed by atoms with Crippen molar-refractivity contribution in [1.29, 1.82) is 0 Å². The number of halogens is 8. The highest BCUT2D eigenvalue weighted by molar-refractivity contribution is 6.35. The van der Waals surface area contributed by atoms with Crippen molar-refractivity contribution in [2.45, 2.75) is 50.4 Å². The molecule has 0 radical (unpaired) electrons. The fraction of sp³-hybridized carbons (Fsp3) is 0.250. The summed E-state index contributed by atoms with van der Waals surface area (Å²) in [5.41, 5.74) is 1.29. The van der Waals surface area contributed by atoms with Gasteiger partial charge in [0, 0.05) is 12.3 Å². The average molecular weight is 793 g/mol. The number of nitrogens with zero attached hydrogens (tertiary/aromatic N) is 5. The van der Waals surface area contributed by atoms with Gasteiger partial charge in [0.25, 0.3) is 0 Å². The first-order valence-corrected chi connectivity index (χ1v) is 16.9. The highest BCUT2D eigenvalue weighted by atomic mass is 35.5. The van der Waals surface area contributed by atoms with E-state index in [-0.39, 0.29) is 15.9 Å². The lowest BCUT2D eigenvalue weighted by Gasteiger charge is -2.31. The summed E-state index contributed by atoms with van der Waals surface area (Å²) in [4.78, 5) is 42.1. The maximum absolute atomic E-state index is 14.7. The monoisotopic (exact) mass is 791 g/mol. The number of para-hydroxylation sites is 2. The van der Waals surface area contributed by atoms with Crippen LogP contribution in [0.1, 0.15) is 54.7 Å². The summed E-state index contributed by atoms with van der Waals surface area (Å²) in [5, 5.41) is 6.12. The molecule has 6 rings (SSSR count). The summed E-state index contributed by atoms with van der Waals surface area (Å²) >= 11 is 13.3. The molecule has 3 aromatic carbocycles. The standard InChI is InChI=1S/C36H29Cl2F6N7O3/c1-19(21-9-12-23(13-10-21)36(42,43)44)48-33(52)31(50-17-46-26-7-3-5-24(37)29(26)50)32(51-18-47-27-8-4-6-25(38)30(27)51)34(53)49-20(2)22-11-14-28(45-15-22)54-16-35(39,40)41/h3-15,17-20,31-32H,16H2,1-2H3,(H,48,52)(H,49,53). The minimum Gasteiger partial charge on any atom is -0.468 e. The van der Waals surface area contributed by atoms with Gasteiger partial charge in [0.1, 0.15) is 12.1 Å². The van der Waals surface area contributed by atoms with Gasteiger partial charge in [0.2, 0.25) is 17.7 Å². The Balaban J connectivity index is 1.42. The number of carbonyl (C=O) groups is 2. The Labute approximate surface area is 313 Å². The molecule has 0 fully saturated rings. The fourth-order valence-corrected chi connectivity index (χ4v) is 6.51. The van der Waals surface area contributed by atoms with E-state index in [4.69, 9.17) is 27.9 Å². The summed E-state index contributed by atoms with van der Waals surface area (Å²) in [7, 11) is 0. The molecule has 3 aromatic heterocycles. The van der Waals surface area contributed by atoms with Crippen LogP contribution in [0.15, 0.2) is 91.6 Å². The SMILES string of the molecule is CC(NC(=O)C(C(C(=O)NC(C)c1ccc(OCC(F)(F)F)nc1)n1cnc2cccc(Cl)c21)n1cnc2cccc(Cl)c21)c1ccc(C(F)(F)F)cc1. The van der Waals surface area contributed by atoms with Gasteiger partial charge in [0.05, 0.1) is 62.4 Å². The molecule has 54 heavy (non-hydrogen) atoms. The van der Waals surface area contributed by atoms with Crippen molar-refractivity contribution >= 4 is 57.1 Å². The van der Waals surface area contributed by atoms with Crippen LogP contribution in [0.4, 0.5) is 26.3 Å². The van der Waals surface area contributed by atoms with E-state index >= 15 is 0 Å². The largest absolute Gasteiger partial charge is 0.468 e. The topological polar surface area (TPSA) is 116 Å². The van der Waals surface area contributed by atoms with E-state index in [1.807, 2.05) is 0 Å². The molecule has 0 saturated heterocycles. The molecule has 10 nitrogen and oxygen atoms in total. The molecule has 0 bridgehead atoms. The molecule has 3 heterocycles. The van der Waals surface area contributed by atoms with Gasteiger partial charge in [-0.3, -0.25) is 9.59 Å². The molecule has 2 N–H and O–H groups in total. The maximum atomic E-state index is 14.7. The van der Waals surface area contributed by atoms with E-state index in [0.717, 1.165) is 12.1 Å². The third-order valence-electron chi connectivity index (χ3n) is 8.62. The Bertz CT molecular complexity index is 2290. The van der Waals surface area contributed by atoms with Gasteiger partial charge >= 0.3 is 12.4 Å². The van der Waals surface area contributed by atoms with E-state index in [0.29, 0.717) is 33.2 Å². The van der Waals surface area contributed by atoms with Crippen LogP contribution in [0.25, 0.3) is 22.1 Å². The minimum atomic E-state index is -4.57. The van der Waals surface area contributed by atoms with Crippen molar-refractivity contribution < 1.29 is 40.7 Å². The van der Waals surface area contributed by atoms with Gasteiger partial charge in [0.15, 0.2) is 6.61 Å². The number of carbonyl (C=O) groups excluding carboxylic acids is 2. The van der Waals surface area contributed by atoms with Gasteiger partial charge in [-0.05, 0) is 61.4 Å². The van der Waals surface area contributed by atoms with Crippen LogP contribution < -0.4 is 15.4 Å².